The number of nitrogens with zero attached hydrogens (tertiary/aromatic N) is 1. The van der Waals surface area contributed by atoms with Gasteiger partial charge in [0.25, 0.3) is 0 Å². The summed E-state index contributed by atoms with van der Waals surface area (Å²) in [5, 5.41) is 13.0. The predicted molar refractivity (Wildman–Crippen MR) is 99.0 cm³/mol. The van der Waals surface area contributed by atoms with Gasteiger partial charge in [-0.15, -0.1) is 0 Å². The maximum absolute atomic E-state index is 12.6. The number of para-hydroxylation sites is 1. The van der Waals surface area contributed by atoms with Gasteiger partial charge in [-0.3, -0.25) is 9.59 Å². The molecule has 0 spiro atoms. The van der Waals surface area contributed by atoms with Crippen LogP contribution in [0.1, 0.15) is 39.0 Å². The normalized spacial score (nSPS) is 22.9. The van der Waals surface area contributed by atoms with Gasteiger partial charge in [-0.05, 0) is 43.7 Å². The molecule has 138 valence electrons. The van der Waals surface area contributed by atoms with Crippen molar-refractivity contribution >= 4 is 22.8 Å². The van der Waals surface area contributed by atoms with Gasteiger partial charge in [0.2, 0.25) is 5.91 Å². The van der Waals surface area contributed by atoms with Crippen LogP contribution in [0.25, 0.3) is 10.9 Å². The number of carboxylic acids is 1. The lowest BCUT2D eigenvalue weighted by Gasteiger charge is -2.37. The Hall–Kier alpha value is -2.63. The van der Waals surface area contributed by atoms with Crippen molar-refractivity contribution in [2.75, 3.05) is 0 Å². The molecule has 0 saturated heterocycles. The van der Waals surface area contributed by atoms with Crippen LogP contribution in [0.4, 0.5) is 0 Å². The van der Waals surface area contributed by atoms with Gasteiger partial charge >= 0.3 is 5.97 Å². The van der Waals surface area contributed by atoms with Gasteiger partial charge in [0, 0.05) is 17.6 Å². The monoisotopic (exact) mass is 356 g/mol. The molecule has 2 N–H and O–H groups in total. The summed E-state index contributed by atoms with van der Waals surface area (Å²) in [5.41, 5.74) is -0.621. The lowest BCUT2D eigenvalue weighted by atomic mass is 9.75. The molecular weight excluding hydrogens is 332 g/mol. The van der Waals surface area contributed by atoms with Crippen LogP contribution < -0.4 is 10.7 Å². The molecule has 1 saturated carbocycles. The first kappa shape index (κ1) is 18.2. The summed E-state index contributed by atoms with van der Waals surface area (Å²) in [4.78, 5) is 36.4. The fourth-order valence-electron chi connectivity index (χ4n) is 3.83. The Morgan fingerprint density at radius 1 is 1.23 bits per heavy atom. The third-order valence-corrected chi connectivity index (χ3v) is 5.52. The van der Waals surface area contributed by atoms with Gasteiger partial charge < -0.3 is 15.0 Å². The zero-order valence-corrected chi connectivity index (χ0v) is 14.9. The molecule has 26 heavy (non-hydrogen) atoms. The Labute approximate surface area is 151 Å². The maximum Gasteiger partial charge on any atom is 0.329 e. The van der Waals surface area contributed by atoms with E-state index in [4.69, 9.17) is 0 Å². The molecular formula is C20H24N2O4. The van der Waals surface area contributed by atoms with Gasteiger partial charge in [0.05, 0.1) is 5.52 Å². The minimum absolute atomic E-state index is 0.0208. The number of carbonyl (C=O) groups is 2. The van der Waals surface area contributed by atoms with Crippen molar-refractivity contribution < 1.29 is 14.7 Å². The van der Waals surface area contributed by atoms with Crippen LogP contribution in [0.5, 0.6) is 0 Å². The molecule has 0 unspecified atom stereocenters. The molecule has 0 atom stereocenters. The quantitative estimate of drug-likeness (QED) is 0.862. The van der Waals surface area contributed by atoms with E-state index in [1.54, 1.807) is 35.0 Å². The number of benzene rings is 1. The molecule has 0 aliphatic heterocycles. The highest BCUT2D eigenvalue weighted by Crippen LogP contribution is 2.34. The van der Waals surface area contributed by atoms with E-state index in [2.05, 4.69) is 12.2 Å². The summed E-state index contributed by atoms with van der Waals surface area (Å²) in [6.07, 6.45) is 5.14. The highest BCUT2D eigenvalue weighted by Gasteiger charge is 2.42. The standard InChI is InChI=1S/C20H24N2O4/c1-2-14-7-10-20(11-8-14,19(25)26)21-18(24)13-22-12-9-17(23)15-5-3-4-6-16(15)22/h3-6,9,12,14H,2,7-8,10-11,13H2,1H3,(H,21,24)(H,25,26). The third kappa shape index (κ3) is 3.49. The summed E-state index contributed by atoms with van der Waals surface area (Å²) in [7, 11) is 0. The molecule has 1 aliphatic carbocycles. The SMILES string of the molecule is CCC1CCC(NC(=O)Cn2ccc(=O)c3ccccc32)(C(=O)O)CC1. The average Bonchev–Trinajstić information content (AvgIpc) is 2.64. The van der Waals surface area contributed by atoms with E-state index in [0.717, 1.165) is 19.3 Å². The second-order valence-electron chi connectivity index (χ2n) is 7.11. The largest absolute Gasteiger partial charge is 0.480 e. The van der Waals surface area contributed by atoms with Gasteiger partial charge in [-0.25, -0.2) is 4.79 Å². The van der Waals surface area contributed by atoms with Crippen LogP contribution in [0.3, 0.4) is 0 Å². The zero-order chi connectivity index (χ0) is 18.7. The average molecular weight is 356 g/mol. The van der Waals surface area contributed by atoms with Crippen molar-refractivity contribution in [3.05, 3.63) is 46.8 Å². The first-order valence-corrected chi connectivity index (χ1v) is 9.08. The van der Waals surface area contributed by atoms with Crippen LogP contribution >= 0.6 is 0 Å². The zero-order valence-electron chi connectivity index (χ0n) is 14.9. The minimum atomic E-state index is -1.18. The van der Waals surface area contributed by atoms with Crippen LogP contribution in [0.2, 0.25) is 0 Å². The van der Waals surface area contributed by atoms with Gasteiger partial charge in [-0.2, -0.15) is 0 Å². The van der Waals surface area contributed by atoms with Crippen molar-refractivity contribution in [2.24, 2.45) is 5.92 Å². The summed E-state index contributed by atoms with van der Waals surface area (Å²) < 4.78 is 1.68. The first-order chi connectivity index (χ1) is 12.4. The van der Waals surface area contributed by atoms with Crippen molar-refractivity contribution in [1.82, 2.24) is 9.88 Å². The first-order valence-electron chi connectivity index (χ1n) is 9.08. The van der Waals surface area contributed by atoms with E-state index in [9.17, 15) is 19.5 Å². The Bertz CT molecular complexity index is 879. The van der Waals surface area contributed by atoms with Crippen LogP contribution in [-0.2, 0) is 16.1 Å². The van der Waals surface area contributed by atoms with Crippen LogP contribution in [0, 0.1) is 5.92 Å². The molecule has 1 aromatic carbocycles. The highest BCUT2D eigenvalue weighted by molar-refractivity contribution is 5.88. The molecule has 6 nitrogen and oxygen atoms in total. The second kappa shape index (κ2) is 7.32. The van der Waals surface area contributed by atoms with Crippen molar-refractivity contribution in [3.8, 4) is 0 Å². The molecule has 1 heterocycles. The fourth-order valence-corrected chi connectivity index (χ4v) is 3.83. The van der Waals surface area contributed by atoms with Crippen molar-refractivity contribution in [3.63, 3.8) is 0 Å². The molecule has 1 fully saturated rings. The van der Waals surface area contributed by atoms with E-state index in [1.165, 1.54) is 6.07 Å². The van der Waals surface area contributed by atoms with E-state index >= 15 is 0 Å². The molecule has 3 rings (SSSR count). The molecule has 0 bridgehead atoms. The van der Waals surface area contributed by atoms with E-state index < -0.39 is 11.5 Å². The van der Waals surface area contributed by atoms with Crippen molar-refractivity contribution in [2.45, 2.75) is 51.1 Å². The lowest BCUT2D eigenvalue weighted by molar-refractivity contribution is -0.149. The molecule has 1 aliphatic rings. The fraction of sp³-hybridized carbons (Fsp3) is 0.450. The number of carboxylic acid groups (broad SMARTS) is 1. The number of aromatic nitrogens is 1. The number of hydrogen-bond donors (Lipinski definition) is 2. The molecule has 1 amide bonds. The Kier molecular flexibility index (Phi) is 5.11. The summed E-state index contributed by atoms with van der Waals surface area (Å²) >= 11 is 0. The number of carbonyl (C=O) groups excluding carboxylic acids is 1. The number of rotatable bonds is 5. The van der Waals surface area contributed by atoms with E-state index in [0.29, 0.717) is 29.7 Å². The van der Waals surface area contributed by atoms with E-state index in [1.807, 2.05) is 0 Å². The van der Waals surface area contributed by atoms with Crippen LogP contribution in [0.15, 0.2) is 41.3 Å². The number of pyridine rings is 1. The third-order valence-electron chi connectivity index (χ3n) is 5.52. The maximum atomic E-state index is 12.6. The smallest absolute Gasteiger partial charge is 0.329 e. The summed E-state index contributed by atoms with van der Waals surface area (Å²) in [5.74, 6) is -0.788. The number of nitrogens with one attached hydrogen (secondary N) is 1. The Morgan fingerprint density at radius 2 is 1.92 bits per heavy atom. The molecule has 6 heteroatoms. The lowest BCUT2D eigenvalue weighted by Crippen LogP contribution is -2.57. The highest BCUT2D eigenvalue weighted by atomic mass is 16.4. The Morgan fingerprint density at radius 3 is 2.58 bits per heavy atom. The van der Waals surface area contributed by atoms with E-state index in [-0.39, 0.29) is 17.9 Å². The number of hydrogen-bond acceptors (Lipinski definition) is 3. The molecule has 1 aromatic heterocycles. The topological polar surface area (TPSA) is 88.4 Å². The predicted octanol–water partition coefficient (Wildman–Crippen LogP) is 2.54. The van der Waals surface area contributed by atoms with Gasteiger partial charge in [0.15, 0.2) is 5.43 Å². The second-order valence-corrected chi connectivity index (χ2v) is 7.11. The molecule has 0 radical (unpaired) electrons. The molecule has 2 aromatic rings. The number of amides is 1. The number of aliphatic carboxylic acids is 1. The van der Waals surface area contributed by atoms with Crippen molar-refractivity contribution in [1.29, 1.82) is 0 Å². The summed E-state index contributed by atoms with van der Waals surface area (Å²) in [6, 6.07) is 8.51. The minimum Gasteiger partial charge on any atom is -0.480 e. The van der Waals surface area contributed by atoms with Gasteiger partial charge in [-0.1, -0.05) is 25.5 Å². The van der Waals surface area contributed by atoms with Gasteiger partial charge in [0.1, 0.15) is 12.1 Å². The summed E-state index contributed by atoms with van der Waals surface area (Å²) in [6.45, 7) is 2.09. The number of fused-ring (bicyclic) bond motifs is 1. The Balaban J connectivity index is 1.79. The van der Waals surface area contributed by atoms with Crippen LogP contribution in [-0.4, -0.2) is 27.1 Å².